The number of anilines is 1. The zero-order valence-electron chi connectivity index (χ0n) is 13.1. The molecular weight excluding hydrogens is 250 g/mol. The van der Waals surface area contributed by atoms with Gasteiger partial charge in [-0.15, -0.1) is 0 Å². The first-order valence-electron chi connectivity index (χ1n) is 7.22. The summed E-state index contributed by atoms with van der Waals surface area (Å²) in [6.45, 7) is 6.78. The van der Waals surface area contributed by atoms with Crippen LogP contribution < -0.4 is 10.6 Å². The minimum atomic E-state index is 0.0718. The molecule has 0 saturated heterocycles. The van der Waals surface area contributed by atoms with E-state index in [0.717, 1.165) is 42.9 Å². The highest BCUT2D eigenvalue weighted by Crippen LogP contribution is 2.19. The molecule has 0 saturated carbocycles. The lowest BCUT2D eigenvalue weighted by Gasteiger charge is -2.12. The van der Waals surface area contributed by atoms with E-state index in [1.807, 2.05) is 32.0 Å². The van der Waals surface area contributed by atoms with Crippen LogP contribution in [0.15, 0.2) is 18.2 Å². The van der Waals surface area contributed by atoms with Crippen LogP contribution in [0.3, 0.4) is 0 Å². The molecule has 0 aliphatic rings. The summed E-state index contributed by atoms with van der Waals surface area (Å²) >= 11 is 0. The molecule has 0 aliphatic carbocycles. The molecular formula is C16H27N3O. The quantitative estimate of drug-likeness (QED) is 0.716. The number of rotatable bonds is 8. The Labute approximate surface area is 122 Å². The molecule has 20 heavy (non-hydrogen) atoms. The largest absolute Gasteiger partial charge is 0.326 e. The summed E-state index contributed by atoms with van der Waals surface area (Å²) < 4.78 is 0. The molecule has 1 rings (SSSR count). The van der Waals surface area contributed by atoms with Crippen molar-refractivity contribution in [1.82, 2.24) is 10.2 Å². The smallest absolute Gasteiger partial charge is 0.225 e. The van der Waals surface area contributed by atoms with Crippen molar-refractivity contribution in [1.29, 1.82) is 0 Å². The number of aryl methyl sites for hydroxylation is 2. The van der Waals surface area contributed by atoms with E-state index >= 15 is 0 Å². The lowest BCUT2D eigenvalue weighted by Crippen LogP contribution is -2.25. The van der Waals surface area contributed by atoms with Crippen LogP contribution in [0, 0.1) is 13.8 Å². The average molecular weight is 277 g/mol. The summed E-state index contributed by atoms with van der Waals surface area (Å²) in [5, 5.41) is 6.30. The van der Waals surface area contributed by atoms with Crippen LogP contribution in [0.25, 0.3) is 0 Å². The van der Waals surface area contributed by atoms with Crippen LogP contribution in [0.4, 0.5) is 5.69 Å². The highest BCUT2D eigenvalue weighted by molar-refractivity contribution is 5.92. The molecule has 0 aliphatic heterocycles. The van der Waals surface area contributed by atoms with Crippen molar-refractivity contribution in [3.05, 3.63) is 29.3 Å². The topological polar surface area (TPSA) is 44.4 Å². The Bertz CT molecular complexity index is 409. The van der Waals surface area contributed by atoms with Crippen LogP contribution in [0.2, 0.25) is 0 Å². The lowest BCUT2D eigenvalue weighted by atomic mass is 10.1. The predicted molar refractivity (Wildman–Crippen MR) is 85.2 cm³/mol. The summed E-state index contributed by atoms with van der Waals surface area (Å²) in [5.74, 6) is 0.0718. The number of carbonyl (C=O) groups excluding carboxylic acids is 1. The number of amides is 1. The molecule has 2 N–H and O–H groups in total. The maximum Gasteiger partial charge on any atom is 0.225 e. The number of hydrogen-bond donors (Lipinski definition) is 2. The second-order valence-corrected chi connectivity index (χ2v) is 5.47. The fourth-order valence-corrected chi connectivity index (χ4v) is 2.06. The van der Waals surface area contributed by atoms with Crippen molar-refractivity contribution in [3.8, 4) is 0 Å². The molecule has 0 atom stereocenters. The van der Waals surface area contributed by atoms with Crippen molar-refractivity contribution < 1.29 is 4.79 Å². The van der Waals surface area contributed by atoms with Crippen LogP contribution in [-0.4, -0.2) is 44.5 Å². The molecule has 0 fully saturated rings. The van der Waals surface area contributed by atoms with Gasteiger partial charge in [-0.3, -0.25) is 4.79 Å². The molecule has 1 aromatic rings. The second kappa shape index (κ2) is 8.72. The van der Waals surface area contributed by atoms with Crippen LogP contribution in [-0.2, 0) is 4.79 Å². The molecule has 0 aromatic heterocycles. The number of carbonyl (C=O) groups is 1. The van der Waals surface area contributed by atoms with Gasteiger partial charge in [0.25, 0.3) is 0 Å². The Morgan fingerprint density at radius 2 is 1.80 bits per heavy atom. The monoisotopic (exact) mass is 277 g/mol. The van der Waals surface area contributed by atoms with Crippen LogP contribution in [0.1, 0.15) is 24.0 Å². The predicted octanol–water partition coefficient (Wildman–Crippen LogP) is 2.17. The standard InChI is InChI=1S/C16H27N3O/c1-13-7-5-8-14(2)16(13)18-15(20)9-11-17-10-6-12-19(3)4/h5,7-8,17H,6,9-12H2,1-4H3,(H,18,20). The summed E-state index contributed by atoms with van der Waals surface area (Å²) in [4.78, 5) is 14.1. The molecule has 0 unspecified atom stereocenters. The van der Waals surface area contributed by atoms with Crippen molar-refractivity contribution >= 4 is 11.6 Å². The van der Waals surface area contributed by atoms with Crippen molar-refractivity contribution in [2.24, 2.45) is 0 Å². The van der Waals surface area contributed by atoms with E-state index in [1.54, 1.807) is 0 Å². The Kier molecular flexibility index (Phi) is 7.26. The molecule has 0 heterocycles. The van der Waals surface area contributed by atoms with Crippen LogP contribution in [0.5, 0.6) is 0 Å². The van der Waals surface area contributed by atoms with E-state index in [9.17, 15) is 4.79 Å². The Morgan fingerprint density at radius 1 is 1.15 bits per heavy atom. The zero-order valence-corrected chi connectivity index (χ0v) is 13.1. The first kappa shape index (κ1) is 16.7. The normalized spacial score (nSPS) is 10.8. The van der Waals surface area contributed by atoms with Gasteiger partial charge in [-0.1, -0.05) is 18.2 Å². The SMILES string of the molecule is Cc1cccc(C)c1NC(=O)CCNCCCN(C)C. The third-order valence-electron chi connectivity index (χ3n) is 3.23. The zero-order chi connectivity index (χ0) is 15.0. The first-order valence-corrected chi connectivity index (χ1v) is 7.22. The van der Waals surface area contributed by atoms with Crippen LogP contribution >= 0.6 is 0 Å². The molecule has 112 valence electrons. The van der Waals surface area contributed by atoms with E-state index in [-0.39, 0.29) is 5.91 Å². The third kappa shape index (κ3) is 6.17. The number of nitrogens with one attached hydrogen (secondary N) is 2. The molecule has 1 amide bonds. The molecule has 0 radical (unpaired) electrons. The summed E-state index contributed by atoms with van der Waals surface area (Å²) in [6, 6.07) is 6.04. The van der Waals surface area contributed by atoms with Gasteiger partial charge in [0.05, 0.1) is 0 Å². The van der Waals surface area contributed by atoms with Gasteiger partial charge >= 0.3 is 0 Å². The second-order valence-electron chi connectivity index (χ2n) is 5.47. The fraction of sp³-hybridized carbons (Fsp3) is 0.562. The third-order valence-corrected chi connectivity index (χ3v) is 3.23. The van der Waals surface area contributed by atoms with Crippen molar-refractivity contribution in [2.75, 3.05) is 39.0 Å². The average Bonchev–Trinajstić information content (AvgIpc) is 2.38. The molecule has 1 aromatic carbocycles. The number of benzene rings is 1. The molecule has 0 spiro atoms. The highest BCUT2D eigenvalue weighted by Gasteiger charge is 2.06. The van der Waals surface area contributed by atoms with E-state index in [2.05, 4.69) is 29.6 Å². The Hall–Kier alpha value is -1.39. The van der Waals surface area contributed by atoms with Gasteiger partial charge in [0.2, 0.25) is 5.91 Å². The molecule has 4 heteroatoms. The Balaban J connectivity index is 2.24. The van der Waals surface area contributed by atoms with E-state index in [0.29, 0.717) is 6.42 Å². The van der Waals surface area contributed by atoms with E-state index in [4.69, 9.17) is 0 Å². The molecule has 0 bridgehead atoms. The molecule has 4 nitrogen and oxygen atoms in total. The van der Waals surface area contributed by atoms with Gasteiger partial charge < -0.3 is 15.5 Å². The van der Waals surface area contributed by atoms with Crippen molar-refractivity contribution in [2.45, 2.75) is 26.7 Å². The summed E-state index contributed by atoms with van der Waals surface area (Å²) in [5.41, 5.74) is 3.17. The Morgan fingerprint density at radius 3 is 2.40 bits per heavy atom. The minimum Gasteiger partial charge on any atom is -0.326 e. The number of nitrogens with zero attached hydrogens (tertiary/aromatic N) is 1. The summed E-state index contributed by atoms with van der Waals surface area (Å²) in [7, 11) is 4.13. The van der Waals surface area contributed by atoms with Crippen molar-refractivity contribution in [3.63, 3.8) is 0 Å². The van der Waals surface area contributed by atoms with E-state index < -0.39 is 0 Å². The van der Waals surface area contributed by atoms with Gasteiger partial charge in [0, 0.05) is 18.7 Å². The lowest BCUT2D eigenvalue weighted by molar-refractivity contribution is -0.116. The maximum atomic E-state index is 11.9. The minimum absolute atomic E-state index is 0.0718. The van der Waals surface area contributed by atoms with E-state index in [1.165, 1.54) is 0 Å². The maximum absolute atomic E-state index is 11.9. The fourth-order valence-electron chi connectivity index (χ4n) is 2.06. The van der Waals surface area contributed by atoms with Gasteiger partial charge in [-0.05, 0) is 58.6 Å². The van der Waals surface area contributed by atoms with Gasteiger partial charge in [-0.25, -0.2) is 0 Å². The van der Waals surface area contributed by atoms with Gasteiger partial charge in [-0.2, -0.15) is 0 Å². The van der Waals surface area contributed by atoms with Gasteiger partial charge in [0.15, 0.2) is 0 Å². The highest BCUT2D eigenvalue weighted by atomic mass is 16.1. The number of para-hydroxylation sites is 1. The first-order chi connectivity index (χ1) is 9.50. The summed E-state index contributed by atoms with van der Waals surface area (Å²) in [6.07, 6.45) is 1.61. The van der Waals surface area contributed by atoms with Gasteiger partial charge in [0.1, 0.15) is 0 Å². The number of hydrogen-bond acceptors (Lipinski definition) is 3.